The van der Waals surface area contributed by atoms with E-state index in [9.17, 15) is 18.0 Å². The molecule has 0 aliphatic heterocycles. The van der Waals surface area contributed by atoms with Gasteiger partial charge in [0.05, 0.1) is 24.8 Å². The molecular weight excluding hydrogens is 650 g/mol. The molecule has 4 aromatic rings. The lowest BCUT2D eigenvalue weighted by Gasteiger charge is -2.34. The molecule has 9 nitrogen and oxygen atoms in total. The minimum absolute atomic E-state index is 0.0863. The summed E-state index contributed by atoms with van der Waals surface area (Å²) >= 11 is 6.17. The maximum Gasteiger partial charge on any atom is 0.264 e. The Balaban J connectivity index is 1.83. The normalized spacial score (nSPS) is 11.9. The van der Waals surface area contributed by atoms with Crippen molar-refractivity contribution < 1.29 is 27.5 Å². The van der Waals surface area contributed by atoms with Crippen LogP contribution in [0.2, 0.25) is 5.02 Å². The van der Waals surface area contributed by atoms with Crippen molar-refractivity contribution in [3.05, 3.63) is 119 Å². The largest absolute Gasteiger partial charge is 0.493 e. The standard InChI is InChI=1S/C37H42ClN3O6S/c1-26(2)23-39-37(43)33(21-28-12-7-6-8-13-28)40(24-29-14-10-9-11-27(29)3)36(42)25-41(31-17-15-30(38)16-18-31)48(44,45)32-19-20-34(46-4)35(22-32)47-5/h6-20,22,26,33H,21,23-25H2,1-5H3,(H,39,43)/t33-/m0/s1. The number of carbonyl (C=O) groups excluding carboxylic acids is 2. The van der Waals surface area contributed by atoms with Crippen molar-refractivity contribution in [3.63, 3.8) is 0 Å². The Morgan fingerprint density at radius 1 is 0.854 bits per heavy atom. The number of anilines is 1. The number of ether oxygens (including phenoxy) is 2. The van der Waals surface area contributed by atoms with Gasteiger partial charge in [-0.1, -0.05) is 80.0 Å². The molecule has 0 bridgehead atoms. The molecule has 4 aromatic carbocycles. The zero-order valence-electron chi connectivity index (χ0n) is 27.9. The van der Waals surface area contributed by atoms with Crippen molar-refractivity contribution in [2.75, 3.05) is 31.6 Å². The van der Waals surface area contributed by atoms with Gasteiger partial charge in [0.2, 0.25) is 11.8 Å². The molecule has 0 aromatic heterocycles. The van der Waals surface area contributed by atoms with Crippen LogP contribution < -0.4 is 19.1 Å². The number of sulfonamides is 1. The van der Waals surface area contributed by atoms with Crippen molar-refractivity contribution >= 4 is 39.1 Å². The number of methoxy groups -OCH3 is 2. The maximum absolute atomic E-state index is 14.7. The molecule has 0 unspecified atom stereocenters. The van der Waals surface area contributed by atoms with Crippen molar-refractivity contribution in [3.8, 4) is 11.5 Å². The highest BCUT2D eigenvalue weighted by Crippen LogP contribution is 2.33. The van der Waals surface area contributed by atoms with Crippen LogP contribution in [-0.2, 0) is 32.6 Å². The summed E-state index contributed by atoms with van der Waals surface area (Å²) in [6, 6.07) is 26.6. The number of benzene rings is 4. The predicted molar refractivity (Wildman–Crippen MR) is 189 cm³/mol. The van der Waals surface area contributed by atoms with Crippen molar-refractivity contribution in [2.24, 2.45) is 5.92 Å². The van der Waals surface area contributed by atoms with E-state index in [0.29, 0.717) is 17.3 Å². The van der Waals surface area contributed by atoms with Gasteiger partial charge in [-0.05, 0) is 65.9 Å². The molecule has 0 fully saturated rings. The highest BCUT2D eigenvalue weighted by atomic mass is 35.5. The summed E-state index contributed by atoms with van der Waals surface area (Å²) in [6.07, 6.45) is 0.228. The Kier molecular flexibility index (Phi) is 12.5. The topological polar surface area (TPSA) is 105 Å². The van der Waals surface area contributed by atoms with Crippen LogP contribution >= 0.6 is 11.6 Å². The SMILES string of the molecule is COc1ccc(S(=O)(=O)N(CC(=O)N(Cc2ccccc2C)[C@@H](Cc2ccccc2)C(=O)NCC(C)C)c2ccc(Cl)cc2)cc1OC. The molecular formula is C37H42ClN3O6S. The fourth-order valence-electron chi connectivity index (χ4n) is 5.19. The summed E-state index contributed by atoms with van der Waals surface area (Å²) in [4.78, 5) is 30.0. The van der Waals surface area contributed by atoms with E-state index < -0.39 is 28.5 Å². The summed E-state index contributed by atoms with van der Waals surface area (Å²) in [6.45, 7) is 5.83. The van der Waals surface area contributed by atoms with Gasteiger partial charge in [0.1, 0.15) is 12.6 Å². The summed E-state index contributed by atoms with van der Waals surface area (Å²) < 4.78 is 40.5. The number of hydrogen-bond acceptors (Lipinski definition) is 6. The minimum atomic E-state index is -4.35. The fourth-order valence-corrected chi connectivity index (χ4v) is 6.74. The quantitative estimate of drug-likeness (QED) is 0.158. The van der Waals surface area contributed by atoms with Crippen LogP contribution in [0, 0.1) is 12.8 Å². The van der Waals surface area contributed by atoms with Crippen LogP contribution in [0.5, 0.6) is 11.5 Å². The second-order valence-electron chi connectivity index (χ2n) is 11.8. The Morgan fingerprint density at radius 2 is 1.50 bits per heavy atom. The Labute approximate surface area is 288 Å². The van der Waals surface area contributed by atoms with E-state index in [1.54, 1.807) is 12.1 Å². The van der Waals surface area contributed by atoms with Gasteiger partial charge in [-0.3, -0.25) is 13.9 Å². The second kappa shape index (κ2) is 16.5. The van der Waals surface area contributed by atoms with E-state index in [4.69, 9.17) is 21.1 Å². The molecule has 11 heteroatoms. The number of hydrogen-bond donors (Lipinski definition) is 1. The van der Waals surface area contributed by atoms with Crippen molar-refractivity contribution in [2.45, 2.75) is 44.7 Å². The molecule has 1 atom stereocenters. The Hall–Kier alpha value is -4.54. The molecule has 0 saturated heterocycles. The number of amides is 2. The van der Waals surface area contributed by atoms with Crippen LogP contribution in [0.25, 0.3) is 0 Å². The minimum Gasteiger partial charge on any atom is -0.493 e. The smallest absolute Gasteiger partial charge is 0.264 e. The third kappa shape index (κ3) is 9.08. The third-order valence-electron chi connectivity index (χ3n) is 7.89. The van der Waals surface area contributed by atoms with Gasteiger partial charge >= 0.3 is 0 Å². The average molecular weight is 692 g/mol. The summed E-state index contributed by atoms with van der Waals surface area (Å²) in [5.74, 6) is -0.134. The first kappa shape index (κ1) is 36.3. The lowest BCUT2D eigenvalue weighted by molar-refractivity contribution is -0.140. The molecule has 254 valence electrons. The number of carbonyl (C=O) groups is 2. The molecule has 0 aliphatic carbocycles. The van der Waals surface area contributed by atoms with Crippen LogP contribution in [0.15, 0.2) is 102 Å². The molecule has 1 N–H and O–H groups in total. The summed E-state index contributed by atoms with van der Waals surface area (Å²) in [5.41, 5.74) is 2.85. The van der Waals surface area contributed by atoms with Crippen LogP contribution in [0.4, 0.5) is 5.69 Å². The lowest BCUT2D eigenvalue weighted by Crippen LogP contribution is -2.53. The monoisotopic (exact) mass is 691 g/mol. The first-order valence-corrected chi connectivity index (χ1v) is 17.4. The zero-order chi connectivity index (χ0) is 34.8. The third-order valence-corrected chi connectivity index (χ3v) is 9.92. The average Bonchev–Trinajstić information content (AvgIpc) is 3.08. The first-order valence-electron chi connectivity index (χ1n) is 15.6. The fraction of sp³-hybridized carbons (Fsp3) is 0.297. The molecule has 0 heterocycles. The number of nitrogens with zero attached hydrogens (tertiary/aromatic N) is 2. The maximum atomic E-state index is 14.7. The van der Waals surface area contributed by atoms with Gasteiger partial charge in [-0.25, -0.2) is 8.42 Å². The molecule has 2 amide bonds. The number of nitrogens with one attached hydrogen (secondary N) is 1. The van der Waals surface area contributed by atoms with E-state index in [-0.39, 0.29) is 41.1 Å². The van der Waals surface area contributed by atoms with Gasteiger partial charge in [-0.15, -0.1) is 0 Å². The highest BCUT2D eigenvalue weighted by Gasteiger charge is 2.35. The van der Waals surface area contributed by atoms with Crippen LogP contribution in [-0.4, -0.2) is 58.5 Å². The van der Waals surface area contributed by atoms with Gasteiger partial charge in [-0.2, -0.15) is 0 Å². The van der Waals surface area contributed by atoms with E-state index >= 15 is 0 Å². The Morgan fingerprint density at radius 3 is 2.12 bits per heavy atom. The molecule has 0 aliphatic rings. The van der Waals surface area contributed by atoms with E-state index in [0.717, 1.165) is 21.0 Å². The predicted octanol–water partition coefficient (Wildman–Crippen LogP) is 6.27. The van der Waals surface area contributed by atoms with E-state index in [1.807, 2.05) is 75.4 Å². The second-order valence-corrected chi connectivity index (χ2v) is 14.1. The van der Waals surface area contributed by atoms with Gasteiger partial charge in [0.25, 0.3) is 10.0 Å². The van der Waals surface area contributed by atoms with Gasteiger partial charge in [0.15, 0.2) is 11.5 Å². The van der Waals surface area contributed by atoms with Gasteiger partial charge < -0.3 is 19.7 Å². The molecule has 48 heavy (non-hydrogen) atoms. The van der Waals surface area contributed by atoms with Gasteiger partial charge in [0, 0.05) is 30.6 Å². The first-order chi connectivity index (χ1) is 22.9. The van der Waals surface area contributed by atoms with Crippen LogP contribution in [0.1, 0.15) is 30.5 Å². The van der Waals surface area contributed by atoms with Crippen molar-refractivity contribution in [1.29, 1.82) is 0 Å². The van der Waals surface area contributed by atoms with Crippen molar-refractivity contribution in [1.82, 2.24) is 10.2 Å². The van der Waals surface area contributed by atoms with E-state index in [1.165, 1.54) is 49.5 Å². The molecule has 0 radical (unpaired) electrons. The number of aryl methyl sites for hydroxylation is 1. The lowest BCUT2D eigenvalue weighted by atomic mass is 10.0. The summed E-state index contributed by atoms with van der Waals surface area (Å²) in [7, 11) is -1.49. The summed E-state index contributed by atoms with van der Waals surface area (Å²) in [5, 5.41) is 3.41. The molecule has 0 saturated carbocycles. The molecule has 4 rings (SSSR count). The van der Waals surface area contributed by atoms with Crippen LogP contribution in [0.3, 0.4) is 0 Å². The number of halogens is 1. The van der Waals surface area contributed by atoms with E-state index in [2.05, 4.69) is 5.32 Å². The number of rotatable bonds is 15. The highest BCUT2D eigenvalue weighted by molar-refractivity contribution is 7.92. The Bertz CT molecular complexity index is 1800. The zero-order valence-corrected chi connectivity index (χ0v) is 29.4. The molecule has 0 spiro atoms.